The molecule has 0 bridgehead atoms. The van der Waals surface area contributed by atoms with Gasteiger partial charge in [-0.2, -0.15) is 0 Å². The molecule has 0 saturated heterocycles. The van der Waals surface area contributed by atoms with Gasteiger partial charge < -0.3 is 14.8 Å². The second kappa shape index (κ2) is 6.58. The Kier molecular flexibility index (Phi) is 4.80. The Hall–Kier alpha value is -2.08. The maximum atomic E-state index is 13.2. The highest BCUT2D eigenvalue weighted by Gasteiger charge is 2.12. The smallest absolute Gasteiger partial charge is 0.255 e. The summed E-state index contributed by atoms with van der Waals surface area (Å²) in [5.41, 5.74) is 0.838. The number of rotatable bonds is 4. The number of halogens is 2. The van der Waals surface area contributed by atoms with Crippen molar-refractivity contribution in [1.29, 1.82) is 0 Å². The number of benzene rings is 2. The first-order valence-corrected chi connectivity index (χ1v) is 6.83. The second-order valence-electron chi connectivity index (χ2n) is 4.15. The fourth-order valence-electron chi connectivity index (χ4n) is 1.73. The predicted molar refractivity (Wildman–Crippen MR) is 81.6 cm³/mol. The Morgan fingerprint density at radius 2 is 1.90 bits per heavy atom. The molecule has 2 rings (SSSR count). The van der Waals surface area contributed by atoms with E-state index in [9.17, 15) is 9.18 Å². The van der Waals surface area contributed by atoms with Gasteiger partial charge in [0.05, 0.1) is 24.4 Å². The number of hydrogen-bond donors (Lipinski definition) is 1. The van der Waals surface area contributed by atoms with E-state index >= 15 is 0 Å². The molecular formula is C15H13BrFNO3. The van der Waals surface area contributed by atoms with Gasteiger partial charge in [0.25, 0.3) is 5.91 Å². The van der Waals surface area contributed by atoms with E-state index in [2.05, 4.69) is 21.2 Å². The van der Waals surface area contributed by atoms with Gasteiger partial charge in [-0.1, -0.05) is 0 Å². The van der Waals surface area contributed by atoms with E-state index in [0.717, 1.165) is 0 Å². The molecule has 4 nitrogen and oxygen atoms in total. The zero-order valence-corrected chi connectivity index (χ0v) is 13.0. The summed E-state index contributed by atoms with van der Waals surface area (Å²) in [5, 5.41) is 2.71. The number of carbonyl (C=O) groups excluding carboxylic acids is 1. The zero-order valence-electron chi connectivity index (χ0n) is 11.4. The average Bonchev–Trinajstić information content (AvgIpc) is 2.50. The molecule has 0 spiro atoms. The summed E-state index contributed by atoms with van der Waals surface area (Å²) in [4.78, 5) is 12.2. The molecule has 0 unspecified atom stereocenters. The molecule has 2 aromatic rings. The van der Waals surface area contributed by atoms with Crippen LogP contribution in [0.2, 0.25) is 0 Å². The summed E-state index contributed by atoms with van der Waals surface area (Å²) in [7, 11) is 3.04. The molecule has 6 heteroatoms. The van der Waals surface area contributed by atoms with Gasteiger partial charge in [0.2, 0.25) is 0 Å². The van der Waals surface area contributed by atoms with Crippen LogP contribution >= 0.6 is 15.9 Å². The molecule has 0 heterocycles. The highest BCUT2D eigenvalue weighted by molar-refractivity contribution is 9.10. The molecular weight excluding hydrogens is 341 g/mol. The summed E-state index contributed by atoms with van der Waals surface area (Å²) in [6.07, 6.45) is 0. The van der Waals surface area contributed by atoms with Crippen LogP contribution in [0.1, 0.15) is 10.4 Å². The molecule has 0 fully saturated rings. The van der Waals surface area contributed by atoms with Gasteiger partial charge in [-0.15, -0.1) is 0 Å². The van der Waals surface area contributed by atoms with Crippen LogP contribution in [0.5, 0.6) is 11.5 Å². The van der Waals surface area contributed by atoms with E-state index in [0.29, 0.717) is 22.7 Å². The van der Waals surface area contributed by atoms with Crippen LogP contribution in [-0.2, 0) is 0 Å². The number of carbonyl (C=O) groups is 1. The summed E-state index contributed by atoms with van der Waals surface area (Å²) >= 11 is 3.05. The van der Waals surface area contributed by atoms with Crippen LogP contribution in [0.15, 0.2) is 40.9 Å². The molecule has 2 aromatic carbocycles. The van der Waals surface area contributed by atoms with E-state index in [1.807, 2.05) is 0 Å². The second-order valence-corrected chi connectivity index (χ2v) is 5.00. The summed E-state index contributed by atoms with van der Waals surface area (Å²) in [5.74, 6) is 0.311. The molecule has 0 aromatic heterocycles. The van der Waals surface area contributed by atoms with Crippen molar-refractivity contribution in [1.82, 2.24) is 0 Å². The highest BCUT2D eigenvalue weighted by Crippen LogP contribution is 2.29. The molecule has 0 atom stereocenters. The number of methoxy groups -OCH3 is 2. The molecule has 0 aliphatic carbocycles. The average molecular weight is 354 g/mol. The Labute approximate surface area is 130 Å². The van der Waals surface area contributed by atoms with Crippen molar-refractivity contribution in [2.75, 3.05) is 19.5 Å². The maximum absolute atomic E-state index is 13.2. The van der Waals surface area contributed by atoms with E-state index in [1.165, 1.54) is 25.3 Å². The Morgan fingerprint density at radius 3 is 2.52 bits per heavy atom. The van der Waals surface area contributed by atoms with Crippen molar-refractivity contribution in [3.05, 3.63) is 52.3 Å². The molecule has 0 aliphatic rings. The van der Waals surface area contributed by atoms with Gasteiger partial charge in [0, 0.05) is 11.6 Å². The SMILES string of the molecule is COc1ccc(NC(=O)c2ccc(F)c(Br)c2)c(OC)c1. The van der Waals surface area contributed by atoms with Crippen molar-refractivity contribution >= 4 is 27.5 Å². The van der Waals surface area contributed by atoms with Gasteiger partial charge in [0.1, 0.15) is 17.3 Å². The fraction of sp³-hybridized carbons (Fsp3) is 0.133. The van der Waals surface area contributed by atoms with Gasteiger partial charge in [-0.25, -0.2) is 4.39 Å². The Morgan fingerprint density at radius 1 is 1.14 bits per heavy atom. The van der Waals surface area contributed by atoms with E-state index in [4.69, 9.17) is 9.47 Å². The highest BCUT2D eigenvalue weighted by atomic mass is 79.9. The predicted octanol–water partition coefficient (Wildman–Crippen LogP) is 3.86. The first-order chi connectivity index (χ1) is 10.0. The van der Waals surface area contributed by atoms with Crippen LogP contribution in [0.3, 0.4) is 0 Å². The molecule has 0 aliphatic heterocycles. The molecule has 1 amide bonds. The zero-order chi connectivity index (χ0) is 15.4. The van der Waals surface area contributed by atoms with Gasteiger partial charge in [-0.3, -0.25) is 4.79 Å². The number of hydrogen-bond acceptors (Lipinski definition) is 3. The van der Waals surface area contributed by atoms with E-state index in [-0.39, 0.29) is 10.4 Å². The summed E-state index contributed by atoms with van der Waals surface area (Å²) < 4.78 is 23.7. The number of anilines is 1. The molecule has 0 saturated carbocycles. The molecule has 110 valence electrons. The van der Waals surface area contributed by atoms with Crippen LogP contribution in [0.25, 0.3) is 0 Å². The van der Waals surface area contributed by atoms with Crippen LogP contribution in [0.4, 0.5) is 10.1 Å². The lowest BCUT2D eigenvalue weighted by Gasteiger charge is -2.11. The standard InChI is InChI=1S/C15H13BrFNO3/c1-20-10-4-6-13(14(8-10)21-2)18-15(19)9-3-5-12(17)11(16)7-9/h3-8H,1-2H3,(H,18,19). The Bertz CT molecular complexity index is 676. The monoisotopic (exact) mass is 353 g/mol. The third kappa shape index (κ3) is 3.52. The number of nitrogens with one attached hydrogen (secondary N) is 1. The first kappa shape index (κ1) is 15.3. The normalized spacial score (nSPS) is 10.1. The maximum Gasteiger partial charge on any atom is 0.255 e. The molecule has 0 radical (unpaired) electrons. The van der Waals surface area contributed by atoms with Crippen molar-refractivity contribution in [3.63, 3.8) is 0 Å². The first-order valence-electron chi connectivity index (χ1n) is 6.03. The quantitative estimate of drug-likeness (QED) is 0.907. The van der Waals surface area contributed by atoms with E-state index in [1.54, 1.807) is 25.3 Å². The summed E-state index contributed by atoms with van der Waals surface area (Å²) in [6.45, 7) is 0. The van der Waals surface area contributed by atoms with E-state index < -0.39 is 5.82 Å². The number of ether oxygens (including phenoxy) is 2. The number of amides is 1. The van der Waals surface area contributed by atoms with Gasteiger partial charge >= 0.3 is 0 Å². The lowest BCUT2D eigenvalue weighted by atomic mass is 10.2. The largest absolute Gasteiger partial charge is 0.497 e. The van der Waals surface area contributed by atoms with Crippen LogP contribution in [-0.4, -0.2) is 20.1 Å². The van der Waals surface area contributed by atoms with Crippen molar-refractivity contribution in [2.45, 2.75) is 0 Å². The third-order valence-corrected chi connectivity index (χ3v) is 3.45. The summed E-state index contributed by atoms with van der Waals surface area (Å²) in [6, 6.07) is 9.10. The lowest BCUT2D eigenvalue weighted by Crippen LogP contribution is -2.12. The van der Waals surface area contributed by atoms with Crippen molar-refractivity contribution in [2.24, 2.45) is 0 Å². The van der Waals surface area contributed by atoms with Crippen LogP contribution < -0.4 is 14.8 Å². The molecule has 21 heavy (non-hydrogen) atoms. The van der Waals surface area contributed by atoms with Crippen molar-refractivity contribution < 1.29 is 18.7 Å². The van der Waals surface area contributed by atoms with Crippen molar-refractivity contribution in [3.8, 4) is 11.5 Å². The van der Waals surface area contributed by atoms with Gasteiger partial charge in [-0.05, 0) is 46.3 Å². The molecule has 1 N–H and O–H groups in total. The minimum Gasteiger partial charge on any atom is -0.497 e. The van der Waals surface area contributed by atoms with Crippen LogP contribution in [0, 0.1) is 5.82 Å². The fourth-order valence-corrected chi connectivity index (χ4v) is 2.11. The topological polar surface area (TPSA) is 47.6 Å². The minimum atomic E-state index is -0.423. The minimum absolute atomic E-state index is 0.233. The lowest BCUT2D eigenvalue weighted by molar-refractivity contribution is 0.102. The third-order valence-electron chi connectivity index (χ3n) is 2.84. The van der Waals surface area contributed by atoms with Gasteiger partial charge in [0.15, 0.2) is 0 Å². The Balaban J connectivity index is 2.24.